The Bertz CT molecular complexity index is 640. The number of carbonyl (C=O) groups is 1. The van der Waals surface area contributed by atoms with Crippen molar-refractivity contribution >= 4 is 53.1 Å². The van der Waals surface area contributed by atoms with E-state index in [1.165, 1.54) is 0 Å². The largest absolute Gasteiger partial charge is 0.382 e. The van der Waals surface area contributed by atoms with Crippen molar-refractivity contribution in [3.05, 3.63) is 29.3 Å². The summed E-state index contributed by atoms with van der Waals surface area (Å²) in [5.41, 5.74) is 1.13. The van der Waals surface area contributed by atoms with Crippen LogP contribution in [0.2, 0.25) is 5.02 Å². The topological polar surface area (TPSA) is 78.4 Å². The minimum atomic E-state index is 0. The summed E-state index contributed by atoms with van der Waals surface area (Å²) in [6.45, 7) is 5.83. The Balaban J connectivity index is 0.00000450. The second kappa shape index (κ2) is 15.5. The fourth-order valence-corrected chi connectivity index (χ4v) is 3.11. The number of hydrogen-bond acceptors (Lipinski definition) is 5. The van der Waals surface area contributed by atoms with Gasteiger partial charge in [0.25, 0.3) is 0 Å². The van der Waals surface area contributed by atoms with Gasteiger partial charge in [0.05, 0.1) is 19.8 Å². The van der Waals surface area contributed by atoms with Gasteiger partial charge in [-0.15, -0.1) is 24.0 Å². The highest BCUT2D eigenvalue weighted by molar-refractivity contribution is 14.0. The molecule has 2 rings (SSSR count). The number of guanidine groups is 1. The maximum Gasteiger partial charge on any atom is 0.242 e. The molecule has 1 aliphatic rings. The molecular formula is C20H33ClIN5O3. The maximum absolute atomic E-state index is 12.5. The van der Waals surface area contributed by atoms with Crippen LogP contribution in [0.1, 0.15) is 6.42 Å². The molecule has 30 heavy (non-hydrogen) atoms. The molecular weight excluding hydrogens is 521 g/mol. The van der Waals surface area contributed by atoms with Crippen LogP contribution in [0.5, 0.6) is 0 Å². The third kappa shape index (κ3) is 9.67. The van der Waals surface area contributed by atoms with E-state index in [1.807, 2.05) is 29.2 Å². The number of ether oxygens (including phenoxy) is 2. The van der Waals surface area contributed by atoms with Crippen molar-refractivity contribution in [3.63, 3.8) is 0 Å². The predicted octanol–water partition coefficient (Wildman–Crippen LogP) is 1.82. The van der Waals surface area contributed by atoms with Gasteiger partial charge in [0.1, 0.15) is 0 Å². The van der Waals surface area contributed by atoms with E-state index in [0.29, 0.717) is 38.9 Å². The second-order valence-electron chi connectivity index (χ2n) is 6.66. The minimum Gasteiger partial charge on any atom is -0.382 e. The predicted molar refractivity (Wildman–Crippen MR) is 132 cm³/mol. The summed E-state index contributed by atoms with van der Waals surface area (Å²) in [4.78, 5) is 20.8. The van der Waals surface area contributed by atoms with E-state index in [4.69, 9.17) is 21.1 Å². The van der Waals surface area contributed by atoms with Crippen molar-refractivity contribution in [1.82, 2.24) is 15.5 Å². The number of methoxy groups -OCH3 is 1. The van der Waals surface area contributed by atoms with Crippen LogP contribution in [0, 0.1) is 0 Å². The summed E-state index contributed by atoms with van der Waals surface area (Å²) in [5.74, 6) is 0.696. The lowest BCUT2D eigenvalue weighted by Crippen LogP contribution is -2.52. The van der Waals surface area contributed by atoms with Gasteiger partial charge in [0.2, 0.25) is 5.91 Å². The van der Waals surface area contributed by atoms with Crippen molar-refractivity contribution in [3.8, 4) is 0 Å². The number of anilines is 1. The number of halogens is 2. The Morgan fingerprint density at radius 1 is 1.10 bits per heavy atom. The Hall–Kier alpha value is -1.30. The van der Waals surface area contributed by atoms with Gasteiger partial charge in [-0.1, -0.05) is 11.6 Å². The van der Waals surface area contributed by atoms with E-state index in [0.717, 1.165) is 36.8 Å². The minimum absolute atomic E-state index is 0. The third-order valence-electron chi connectivity index (χ3n) is 4.64. The first kappa shape index (κ1) is 26.7. The summed E-state index contributed by atoms with van der Waals surface area (Å²) >= 11 is 5.95. The SMILES string of the molecule is CN=C(NCCCOCCOC)NCC(=O)N1CCN(c2ccc(Cl)cc2)CC1.I. The molecule has 10 heteroatoms. The molecule has 1 heterocycles. The smallest absolute Gasteiger partial charge is 0.242 e. The molecule has 170 valence electrons. The first-order valence-electron chi connectivity index (χ1n) is 9.93. The molecule has 0 saturated carbocycles. The molecule has 1 fully saturated rings. The summed E-state index contributed by atoms with van der Waals surface area (Å²) < 4.78 is 10.3. The van der Waals surface area contributed by atoms with E-state index in [-0.39, 0.29) is 36.4 Å². The summed E-state index contributed by atoms with van der Waals surface area (Å²) in [7, 11) is 3.35. The fraction of sp³-hybridized carbons (Fsp3) is 0.600. The van der Waals surface area contributed by atoms with E-state index < -0.39 is 0 Å². The lowest BCUT2D eigenvalue weighted by atomic mass is 10.2. The highest BCUT2D eigenvalue weighted by atomic mass is 127. The zero-order valence-electron chi connectivity index (χ0n) is 17.7. The summed E-state index contributed by atoms with van der Waals surface area (Å²) in [6.07, 6.45) is 0.852. The van der Waals surface area contributed by atoms with Gasteiger partial charge >= 0.3 is 0 Å². The van der Waals surface area contributed by atoms with Gasteiger partial charge in [0.15, 0.2) is 5.96 Å². The van der Waals surface area contributed by atoms with E-state index in [1.54, 1.807) is 14.2 Å². The number of nitrogens with zero attached hydrogens (tertiary/aromatic N) is 3. The molecule has 1 aliphatic heterocycles. The molecule has 8 nitrogen and oxygen atoms in total. The zero-order valence-corrected chi connectivity index (χ0v) is 20.8. The van der Waals surface area contributed by atoms with Gasteiger partial charge in [-0.2, -0.15) is 0 Å². The average Bonchev–Trinajstić information content (AvgIpc) is 2.75. The lowest BCUT2D eigenvalue weighted by molar-refractivity contribution is -0.130. The molecule has 1 aromatic rings. The average molecular weight is 554 g/mol. The van der Waals surface area contributed by atoms with Crippen molar-refractivity contribution in [1.29, 1.82) is 0 Å². The van der Waals surface area contributed by atoms with Gasteiger partial charge in [-0.05, 0) is 30.7 Å². The van der Waals surface area contributed by atoms with Crippen molar-refractivity contribution in [2.75, 3.05) is 78.1 Å². The van der Waals surface area contributed by atoms with E-state index >= 15 is 0 Å². The Kier molecular flexibility index (Phi) is 13.8. The first-order valence-corrected chi connectivity index (χ1v) is 10.3. The third-order valence-corrected chi connectivity index (χ3v) is 4.90. The van der Waals surface area contributed by atoms with Crippen LogP contribution in [-0.4, -0.2) is 90.0 Å². The van der Waals surface area contributed by atoms with Gasteiger partial charge in [-0.25, -0.2) is 0 Å². The standard InChI is InChI=1S/C20H32ClN5O3.HI/c1-22-20(23-8-3-13-29-15-14-28-2)24-16-19(27)26-11-9-25(10-12-26)18-6-4-17(21)5-7-18;/h4-7H,3,8-16H2,1-2H3,(H2,22,23,24);1H. The molecule has 0 aliphatic carbocycles. The monoisotopic (exact) mass is 553 g/mol. The van der Waals surface area contributed by atoms with Crippen LogP contribution in [0.15, 0.2) is 29.3 Å². The number of hydrogen-bond donors (Lipinski definition) is 2. The number of amides is 1. The van der Waals surface area contributed by atoms with Gasteiger partial charge in [0, 0.05) is 64.2 Å². The maximum atomic E-state index is 12.5. The van der Waals surface area contributed by atoms with Crippen molar-refractivity contribution in [2.45, 2.75) is 6.42 Å². The molecule has 2 N–H and O–H groups in total. The fourth-order valence-electron chi connectivity index (χ4n) is 2.98. The molecule has 0 bridgehead atoms. The molecule has 1 saturated heterocycles. The Morgan fingerprint density at radius 3 is 2.43 bits per heavy atom. The molecule has 0 spiro atoms. The van der Waals surface area contributed by atoms with Crippen molar-refractivity contribution < 1.29 is 14.3 Å². The van der Waals surface area contributed by atoms with Crippen LogP contribution >= 0.6 is 35.6 Å². The lowest BCUT2D eigenvalue weighted by Gasteiger charge is -2.36. The van der Waals surface area contributed by atoms with E-state index in [9.17, 15) is 4.79 Å². The number of aliphatic imine (C=N–C) groups is 1. The second-order valence-corrected chi connectivity index (χ2v) is 7.09. The number of nitrogens with one attached hydrogen (secondary N) is 2. The van der Waals surface area contributed by atoms with Crippen LogP contribution in [-0.2, 0) is 14.3 Å². The number of rotatable bonds is 10. The highest BCUT2D eigenvalue weighted by Crippen LogP contribution is 2.19. The van der Waals surface area contributed by atoms with Crippen LogP contribution in [0.3, 0.4) is 0 Å². The Labute approximate surface area is 201 Å². The number of benzene rings is 1. The van der Waals surface area contributed by atoms with Gasteiger partial charge < -0.3 is 29.9 Å². The van der Waals surface area contributed by atoms with Gasteiger partial charge in [-0.3, -0.25) is 9.79 Å². The molecule has 0 atom stereocenters. The molecule has 0 aromatic heterocycles. The highest BCUT2D eigenvalue weighted by Gasteiger charge is 2.21. The quantitative estimate of drug-likeness (QED) is 0.199. The molecule has 0 unspecified atom stereocenters. The zero-order chi connectivity index (χ0) is 20.9. The molecule has 1 amide bonds. The first-order chi connectivity index (χ1) is 14.1. The van der Waals surface area contributed by atoms with Crippen LogP contribution in [0.25, 0.3) is 0 Å². The van der Waals surface area contributed by atoms with E-state index in [2.05, 4.69) is 20.5 Å². The Morgan fingerprint density at radius 2 is 1.80 bits per heavy atom. The summed E-state index contributed by atoms with van der Waals surface area (Å²) in [6, 6.07) is 7.81. The number of piperazine rings is 1. The number of carbonyl (C=O) groups excluding carboxylic acids is 1. The molecule has 0 radical (unpaired) electrons. The summed E-state index contributed by atoms with van der Waals surface area (Å²) in [5, 5.41) is 7.01. The van der Waals surface area contributed by atoms with Crippen LogP contribution in [0.4, 0.5) is 5.69 Å². The van der Waals surface area contributed by atoms with Crippen molar-refractivity contribution in [2.24, 2.45) is 4.99 Å². The molecule has 1 aromatic carbocycles. The normalized spacial score (nSPS) is 14.3. The van der Waals surface area contributed by atoms with Crippen LogP contribution < -0.4 is 15.5 Å².